The molecule has 16 heavy (non-hydrogen) atoms. The molecule has 1 nitrogen and oxygen atoms in total. The Kier molecular flexibility index (Phi) is 5.63. The SMILES string of the molecule is CCC(C)(CCl)CCOc1cccc(Br)c1. The van der Waals surface area contributed by atoms with Crippen molar-refractivity contribution in [3.63, 3.8) is 0 Å². The lowest BCUT2D eigenvalue weighted by atomic mass is 9.87. The van der Waals surface area contributed by atoms with Crippen LogP contribution in [-0.4, -0.2) is 12.5 Å². The lowest BCUT2D eigenvalue weighted by Gasteiger charge is -2.25. The van der Waals surface area contributed by atoms with Gasteiger partial charge < -0.3 is 4.74 Å². The lowest BCUT2D eigenvalue weighted by Crippen LogP contribution is -2.20. The molecule has 0 aliphatic heterocycles. The van der Waals surface area contributed by atoms with Gasteiger partial charge in [0.05, 0.1) is 6.61 Å². The van der Waals surface area contributed by atoms with Gasteiger partial charge in [-0.2, -0.15) is 0 Å². The Bertz CT molecular complexity index is 323. The molecule has 0 saturated carbocycles. The van der Waals surface area contributed by atoms with E-state index in [1.54, 1.807) is 0 Å². The van der Waals surface area contributed by atoms with Crippen LogP contribution in [0.5, 0.6) is 5.75 Å². The summed E-state index contributed by atoms with van der Waals surface area (Å²) in [4.78, 5) is 0. The van der Waals surface area contributed by atoms with Gasteiger partial charge in [0.15, 0.2) is 0 Å². The van der Waals surface area contributed by atoms with Gasteiger partial charge in [-0.15, -0.1) is 11.6 Å². The second-order valence-electron chi connectivity index (χ2n) is 4.35. The van der Waals surface area contributed by atoms with Crippen LogP contribution < -0.4 is 4.74 Å². The molecule has 0 spiro atoms. The molecule has 0 radical (unpaired) electrons. The van der Waals surface area contributed by atoms with Crippen molar-refractivity contribution in [2.24, 2.45) is 5.41 Å². The molecule has 1 aromatic rings. The molecule has 1 unspecified atom stereocenters. The van der Waals surface area contributed by atoms with Crippen molar-refractivity contribution in [3.8, 4) is 5.75 Å². The number of hydrogen-bond acceptors (Lipinski definition) is 1. The highest BCUT2D eigenvalue weighted by Gasteiger charge is 2.20. The summed E-state index contributed by atoms with van der Waals surface area (Å²) in [6.45, 7) is 5.08. The standard InChI is InChI=1S/C13H18BrClO/c1-3-13(2,10-15)7-8-16-12-6-4-5-11(14)9-12/h4-6,9H,3,7-8,10H2,1-2H3. The van der Waals surface area contributed by atoms with Gasteiger partial charge in [0.25, 0.3) is 0 Å². The van der Waals surface area contributed by atoms with Crippen LogP contribution in [-0.2, 0) is 0 Å². The van der Waals surface area contributed by atoms with Crippen molar-refractivity contribution in [2.75, 3.05) is 12.5 Å². The van der Waals surface area contributed by atoms with Gasteiger partial charge in [0, 0.05) is 10.4 Å². The molecule has 0 aromatic heterocycles. The lowest BCUT2D eigenvalue weighted by molar-refractivity contribution is 0.225. The molecule has 1 atom stereocenters. The molecule has 0 fully saturated rings. The van der Waals surface area contributed by atoms with Crippen molar-refractivity contribution >= 4 is 27.5 Å². The van der Waals surface area contributed by atoms with Crippen LogP contribution in [0.25, 0.3) is 0 Å². The van der Waals surface area contributed by atoms with E-state index >= 15 is 0 Å². The second-order valence-corrected chi connectivity index (χ2v) is 5.54. The number of benzene rings is 1. The fourth-order valence-corrected chi connectivity index (χ4v) is 2.01. The predicted molar refractivity (Wildman–Crippen MR) is 73.4 cm³/mol. The Morgan fingerprint density at radius 1 is 1.44 bits per heavy atom. The number of ether oxygens (including phenoxy) is 1. The summed E-state index contributed by atoms with van der Waals surface area (Å²) in [7, 11) is 0. The van der Waals surface area contributed by atoms with Crippen LogP contribution in [0, 0.1) is 5.41 Å². The van der Waals surface area contributed by atoms with Crippen LogP contribution in [0.15, 0.2) is 28.7 Å². The fourth-order valence-electron chi connectivity index (χ4n) is 1.31. The molecule has 0 aliphatic carbocycles. The van der Waals surface area contributed by atoms with Crippen molar-refractivity contribution in [1.29, 1.82) is 0 Å². The number of rotatable bonds is 6. The largest absolute Gasteiger partial charge is 0.494 e. The molecule has 0 heterocycles. The number of halogens is 2. The molecule has 1 rings (SSSR count). The van der Waals surface area contributed by atoms with Crippen molar-refractivity contribution in [1.82, 2.24) is 0 Å². The number of hydrogen-bond donors (Lipinski definition) is 0. The second kappa shape index (κ2) is 6.51. The summed E-state index contributed by atoms with van der Waals surface area (Å²) in [5.41, 5.74) is 0.188. The van der Waals surface area contributed by atoms with Crippen molar-refractivity contribution in [3.05, 3.63) is 28.7 Å². The molecule has 0 N–H and O–H groups in total. The first-order valence-electron chi connectivity index (χ1n) is 5.54. The molecule has 1 aromatic carbocycles. The summed E-state index contributed by atoms with van der Waals surface area (Å²) in [5, 5.41) is 0. The smallest absolute Gasteiger partial charge is 0.120 e. The molecule has 90 valence electrons. The van der Waals surface area contributed by atoms with E-state index in [0.29, 0.717) is 12.5 Å². The minimum Gasteiger partial charge on any atom is -0.494 e. The Balaban J connectivity index is 2.41. The minimum atomic E-state index is 0.188. The quantitative estimate of drug-likeness (QED) is 0.681. The Labute approximate surface area is 111 Å². The van der Waals surface area contributed by atoms with Gasteiger partial charge in [-0.3, -0.25) is 0 Å². The van der Waals surface area contributed by atoms with E-state index in [0.717, 1.165) is 23.1 Å². The predicted octanol–water partition coefficient (Wildman–Crippen LogP) is 4.87. The first-order chi connectivity index (χ1) is 7.59. The third-order valence-electron chi connectivity index (χ3n) is 2.95. The maximum Gasteiger partial charge on any atom is 0.120 e. The maximum atomic E-state index is 5.95. The van der Waals surface area contributed by atoms with Gasteiger partial charge >= 0.3 is 0 Å². The molecule has 0 aliphatic rings. The van der Waals surface area contributed by atoms with E-state index in [4.69, 9.17) is 16.3 Å². The Morgan fingerprint density at radius 3 is 2.75 bits per heavy atom. The van der Waals surface area contributed by atoms with Crippen LogP contribution >= 0.6 is 27.5 Å². The highest BCUT2D eigenvalue weighted by molar-refractivity contribution is 9.10. The molecular formula is C13H18BrClO. The zero-order valence-electron chi connectivity index (χ0n) is 9.80. The third kappa shape index (κ3) is 4.34. The first-order valence-corrected chi connectivity index (χ1v) is 6.87. The Morgan fingerprint density at radius 2 is 2.19 bits per heavy atom. The summed E-state index contributed by atoms with van der Waals surface area (Å²) in [6, 6.07) is 7.90. The Hall–Kier alpha value is -0.210. The van der Waals surface area contributed by atoms with Gasteiger partial charge in [-0.1, -0.05) is 35.8 Å². The van der Waals surface area contributed by atoms with Crippen LogP contribution in [0.1, 0.15) is 26.7 Å². The van der Waals surface area contributed by atoms with Gasteiger partial charge in [0.2, 0.25) is 0 Å². The molecule has 3 heteroatoms. The van der Waals surface area contributed by atoms with Crippen molar-refractivity contribution < 1.29 is 4.74 Å². The normalized spacial score (nSPS) is 14.5. The van der Waals surface area contributed by atoms with E-state index < -0.39 is 0 Å². The highest BCUT2D eigenvalue weighted by atomic mass is 79.9. The third-order valence-corrected chi connectivity index (χ3v) is 4.09. The number of alkyl halides is 1. The molecule has 0 amide bonds. The van der Waals surface area contributed by atoms with E-state index in [2.05, 4.69) is 29.8 Å². The van der Waals surface area contributed by atoms with E-state index in [1.165, 1.54) is 0 Å². The van der Waals surface area contributed by atoms with E-state index in [-0.39, 0.29) is 5.41 Å². The monoisotopic (exact) mass is 304 g/mol. The summed E-state index contributed by atoms with van der Waals surface area (Å²) >= 11 is 9.37. The summed E-state index contributed by atoms with van der Waals surface area (Å²) < 4.78 is 6.74. The van der Waals surface area contributed by atoms with Crippen LogP contribution in [0.3, 0.4) is 0 Å². The van der Waals surface area contributed by atoms with Crippen LogP contribution in [0.2, 0.25) is 0 Å². The summed E-state index contributed by atoms with van der Waals surface area (Å²) in [6.07, 6.45) is 2.07. The van der Waals surface area contributed by atoms with E-state index in [1.807, 2.05) is 24.3 Å². The average molecular weight is 306 g/mol. The molecular weight excluding hydrogens is 287 g/mol. The maximum absolute atomic E-state index is 5.95. The van der Waals surface area contributed by atoms with Crippen molar-refractivity contribution in [2.45, 2.75) is 26.7 Å². The van der Waals surface area contributed by atoms with Gasteiger partial charge in [-0.25, -0.2) is 0 Å². The minimum absolute atomic E-state index is 0.188. The highest BCUT2D eigenvalue weighted by Crippen LogP contribution is 2.27. The zero-order chi connectivity index (χ0) is 12.0. The summed E-state index contributed by atoms with van der Waals surface area (Å²) in [5.74, 6) is 1.59. The first kappa shape index (κ1) is 13.9. The van der Waals surface area contributed by atoms with Crippen LogP contribution in [0.4, 0.5) is 0 Å². The van der Waals surface area contributed by atoms with Gasteiger partial charge in [-0.05, 0) is 36.5 Å². The molecule has 0 saturated heterocycles. The average Bonchev–Trinajstić information content (AvgIpc) is 2.29. The fraction of sp³-hybridized carbons (Fsp3) is 0.538. The van der Waals surface area contributed by atoms with Gasteiger partial charge in [0.1, 0.15) is 5.75 Å². The topological polar surface area (TPSA) is 9.23 Å². The molecule has 0 bridgehead atoms. The van der Waals surface area contributed by atoms with E-state index in [9.17, 15) is 0 Å². The zero-order valence-corrected chi connectivity index (χ0v) is 12.1.